The van der Waals surface area contributed by atoms with E-state index in [-0.39, 0.29) is 19.0 Å². The van der Waals surface area contributed by atoms with Gasteiger partial charge in [0.15, 0.2) is 5.82 Å². The van der Waals surface area contributed by atoms with Crippen molar-refractivity contribution < 1.29 is 4.52 Å². The SMILES string of the molecule is Cl.NCc1nc(CN2Cc3ccccc3C(c3ccccc3)C2)no1. The molecule has 0 bridgehead atoms. The lowest BCUT2D eigenvalue weighted by molar-refractivity contribution is 0.223. The zero-order chi connectivity index (χ0) is 16.4. The average molecular weight is 357 g/mol. The molecular weight excluding hydrogens is 336 g/mol. The van der Waals surface area contributed by atoms with Gasteiger partial charge in [0.2, 0.25) is 5.89 Å². The minimum atomic E-state index is 0. The molecule has 4 rings (SSSR count). The van der Waals surface area contributed by atoms with Crippen molar-refractivity contribution in [3.05, 3.63) is 83.0 Å². The predicted octanol–water partition coefficient (Wildman–Crippen LogP) is 3.10. The molecule has 130 valence electrons. The fourth-order valence-corrected chi connectivity index (χ4v) is 3.41. The van der Waals surface area contributed by atoms with E-state index < -0.39 is 0 Å². The molecule has 0 saturated carbocycles. The maximum absolute atomic E-state index is 5.55. The van der Waals surface area contributed by atoms with Crippen LogP contribution in [0.5, 0.6) is 0 Å². The van der Waals surface area contributed by atoms with Crippen LogP contribution in [0.3, 0.4) is 0 Å². The lowest BCUT2D eigenvalue weighted by atomic mass is 9.85. The van der Waals surface area contributed by atoms with Crippen molar-refractivity contribution in [2.24, 2.45) is 5.73 Å². The molecule has 1 aliphatic heterocycles. The molecule has 0 radical (unpaired) electrons. The van der Waals surface area contributed by atoms with Gasteiger partial charge in [0, 0.05) is 19.0 Å². The molecule has 2 N–H and O–H groups in total. The molecule has 1 aliphatic rings. The summed E-state index contributed by atoms with van der Waals surface area (Å²) in [5.41, 5.74) is 9.66. The molecule has 0 spiro atoms. The van der Waals surface area contributed by atoms with Gasteiger partial charge in [0.05, 0.1) is 13.1 Å². The van der Waals surface area contributed by atoms with E-state index in [1.54, 1.807) is 0 Å². The van der Waals surface area contributed by atoms with Gasteiger partial charge in [-0.25, -0.2) is 0 Å². The minimum Gasteiger partial charge on any atom is -0.338 e. The molecule has 0 aliphatic carbocycles. The molecule has 3 aromatic rings. The summed E-state index contributed by atoms with van der Waals surface area (Å²) in [6.07, 6.45) is 0. The Morgan fingerprint density at radius 3 is 2.60 bits per heavy atom. The Bertz CT molecular complexity index is 821. The van der Waals surface area contributed by atoms with Gasteiger partial charge in [0.1, 0.15) is 0 Å². The number of rotatable bonds is 4. The van der Waals surface area contributed by atoms with Gasteiger partial charge in [-0.15, -0.1) is 12.4 Å². The highest BCUT2D eigenvalue weighted by Crippen LogP contribution is 2.33. The number of nitrogens with two attached hydrogens (primary N) is 1. The van der Waals surface area contributed by atoms with Crippen molar-refractivity contribution in [3.63, 3.8) is 0 Å². The van der Waals surface area contributed by atoms with E-state index in [1.165, 1.54) is 16.7 Å². The van der Waals surface area contributed by atoms with Crippen LogP contribution in [0.2, 0.25) is 0 Å². The first-order chi connectivity index (χ1) is 11.8. The van der Waals surface area contributed by atoms with Crippen molar-refractivity contribution in [2.45, 2.75) is 25.6 Å². The molecular formula is C19H21ClN4O. The predicted molar refractivity (Wildman–Crippen MR) is 98.3 cm³/mol. The van der Waals surface area contributed by atoms with Crippen molar-refractivity contribution in [1.82, 2.24) is 15.0 Å². The molecule has 1 unspecified atom stereocenters. The van der Waals surface area contributed by atoms with Crippen molar-refractivity contribution in [2.75, 3.05) is 6.54 Å². The highest BCUT2D eigenvalue weighted by molar-refractivity contribution is 5.85. The van der Waals surface area contributed by atoms with Crippen LogP contribution in [0.1, 0.15) is 34.3 Å². The van der Waals surface area contributed by atoms with Crippen molar-refractivity contribution in [1.29, 1.82) is 0 Å². The molecule has 0 saturated heterocycles. The molecule has 2 aromatic carbocycles. The second-order valence-electron chi connectivity index (χ2n) is 6.14. The van der Waals surface area contributed by atoms with Crippen molar-refractivity contribution >= 4 is 12.4 Å². The molecule has 0 fully saturated rings. The molecule has 6 heteroatoms. The molecule has 2 heterocycles. The molecule has 25 heavy (non-hydrogen) atoms. The van der Waals surface area contributed by atoms with Gasteiger partial charge in [-0.2, -0.15) is 4.98 Å². The maximum Gasteiger partial charge on any atom is 0.240 e. The first kappa shape index (κ1) is 17.6. The third kappa shape index (κ3) is 3.74. The van der Waals surface area contributed by atoms with Gasteiger partial charge in [0.25, 0.3) is 0 Å². The van der Waals surface area contributed by atoms with Gasteiger partial charge >= 0.3 is 0 Å². The summed E-state index contributed by atoms with van der Waals surface area (Å²) in [6.45, 7) is 2.78. The second-order valence-corrected chi connectivity index (χ2v) is 6.14. The van der Waals surface area contributed by atoms with Crippen LogP contribution < -0.4 is 5.73 Å². The highest BCUT2D eigenvalue weighted by atomic mass is 35.5. The topological polar surface area (TPSA) is 68.2 Å². The Labute approximate surface area is 153 Å². The van der Waals surface area contributed by atoms with Crippen LogP contribution in [-0.4, -0.2) is 21.6 Å². The van der Waals surface area contributed by atoms with Gasteiger partial charge < -0.3 is 10.3 Å². The Morgan fingerprint density at radius 2 is 1.84 bits per heavy atom. The number of aromatic nitrogens is 2. The number of nitrogens with zero attached hydrogens (tertiary/aromatic N) is 3. The summed E-state index contributed by atoms with van der Waals surface area (Å²) in [5.74, 6) is 1.54. The number of halogens is 1. The number of hydrogen-bond acceptors (Lipinski definition) is 5. The van der Waals surface area contributed by atoms with Crippen LogP contribution >= 0.6 is 12.4 Å². The molecule has 0 amide bonds. The van der Waals surface area contributed by atoms with E-state index in [4.69, 9.17) is 10.3 Å². The van der Waals surface area contributed by atoms with E-state index in [0.717, 1.165) is 13.1 Å². The number of fused-ring (bicyclic) bond motifs is 1. The second kappa shape index (κ2) is 7.78. The van der Waals surface area contributed by atoms with E-state index in [0.29, 0.717) is 24.2 Å². The maximum atomic E-state index is 5.55. The largest absolute Gasteiger partial charge is 0.338 e. The summed E-state index contributed by atoms with van der Waals surface area (Å²) < 4.78 is 5.12. The third-order valence-corrected chi connectivity index (χ3v) is 4.52. The third-order valence-electron chi connectivity index (χ3n) is 4.52. The van der Waals surface area contributed by atoms with Gasteiger partial charge in [-0.05, 0) is 16.7 Å². The Kier molecular flexibility index (Phi) is 5.48. The first-order valence-corrected chi connectivity index (χ1v) is 8.20. The normalized spacial score (nSPS) is 16.9. The van der Waals surface area contributed by atoms with E-state index in [1.807, 2.05) is 0 Å². The Hall–Kier alpha value is -2.21. The summed E-state index contributed by atoms with van der Waals surface area (Å²) in [4.78, 5) is 6.70. The van der Waals surface area contributed by atoms with Crippen LogP contribution in [0.25, 0.3) is 0 Å². The van der Waals surface area contributed by atoms with E-state index in [9.17, 15) is 0 Å². The molecule has 1 aromatic heterocycles. The zero-order valence-electron chi connectivity index (χ0n) is 13.8. The summed E-state index contributed by atoms with van der Waals surface area (Å²) in [6, 6.07) is 19.3. The van der Waals surface area contributed by atoms with Gasteiger partial charge in [-0.3, -0.25) is 4.90 Å². The fraction of sp³-hybridized carbons (Fsp3) is 0.263. The standard InChI is InChI=1S/C19H20N4O.ClH/c20-10-19-21-18(22-24-19)13-23-11-15-8-4-5-9-16(15)17(12-23)14-6-2-1-3-7-14;/h1-9,17H,10-13,20H2;1H. The van der Waals surface area contributed by atoms with E-state index in [2.05, 4.69) is 69.6 Å². The van der Waals surface area contributed by atoms with Crippen LogP contribution in [0, 0.1) is 0 Å². The van der Waals surface area contributed by atoms with Gasteiger partial charge in [-0.1, -0.05) is 59.8 Å². The number of hydrogen-bond donors (Lipinski definition) is 1. The van der Waals surface area contributed by atoms with Crippen LogP contribution in [0.4, 0.5) is 0 Å². The van der Waals surface area contributed by atoms with Crippen LogP contribution in [0.15, 0.2) is 59.1 Å². The first-order valence-electron chi connectivity index (χ1n) is 8.20. The van der Waals surface area contributed by atoms with E-state index >= 15 is 0 Å². The molecule has 5 nitrogen and oxygen atoms in total. The number of benzene rings is 2. The average Bonchev–Trinajstić information content (AvgIpc) is 3.09. The smallest absolute Gasteiger partial charge is 0.240 e. The summed E-state index contributed by atoms with van der Waals surface area (Å²) in [5, 5.41) is 4.03. The Morgan fingerprint density at radius 1 is 1.08 bits per heavy atom. The summed E-state index contributed by atoms with van der Waals surface area (Å²) in [7, 11) is 0. The lowest BCUT2D eigenvalue weighted by Crippen LogP contribution is -2.34. The zero-order valence-corrected chi connectivity index (χ0v) is 14.7. The monoisotopic (exact) mass is 356 g/mol. The lowest BCUT2D eigenvalue weighted by Gasteiger charge is -2.34. The highest BCUT2D eigenvalue weighted by Gasteiger charge is 2.27. The quantitative estimate of drug-likeness (QED) is 0.778. The summed E-state index contributed by atoms with van der Waals surface area (Å²) >= 11 is 0. The Balaban J connectivity index is 0.00000182. The minimum absolute atomic E-state index is 0. The fourth-order valence-electron chi connectivity index (χ4n) is 3.41. The van der Waals surface area contributed by atoms with Crippen molar-refractivity contribution in [3.8, 4) is 0 Å². The molecule has 1 atom stereocenters. The van der Waals surface area contributed by atoms with Crippen LogP contribution in [-0.2, 0) is 19.6 Å².